The molecular formula is C11H16N5O4P. The summed E-state index contributed by atoms with van der Waals surface area (Å²) < 4.78 is 18.2. The summed E-state index contributed by atoms with van der Waals surface area (Å²) in [5.41, 5.74) is 6.19. The average molecular weight is 313 g/mol. The van der Waals surface area contributed by atoms with Gasteiger partial charge in [-0.1, -0.05) is 6.92 Å². The summed E-state index contributed by atoms with van der Waals surface area (Å²) in [7, 11) is -4.19. The zero-order valence-corrected chi connectivity index (χ0v) is 12.3. The van der Waals surface area contributed by atoms with Crippen LogP contribution >= 0.6 is 7.60 Å². The zero-order chi connectivity index (χ0) is 15.3. The molecule has 2 atom stereocenters. The molecule has 1 aliphatic carbocycles. The van der Waals surface area contributed by atoms with Crippen LogP contribution in [0.4, 0.5) is 5.95 Å². The summed E-state index contributed by atoms with van der Waals surface area (Å²) in [4.78, 5) is 30.1. The lowest BCUT2D eigenvalue weighted by Gasteiger charge is -2.19. The first-order chi connectivity index (χ1) is 9.79. The fraction of sp³-hybridized carbons (Fsp3) is 0.545. The fourth-order valence-electron chi connectivity index (χ4n) is 2.41. The number of anilines is 1. The third kappa shape index (κ3) is 2.91. The summed E-state index contributed by atoms with van der Waals surface area (Å²) in [6.45, 7) is 2.39. The lowest BCUT2D eigenvalue weighted by molar-refractivity contribution is 0.0306. The number of hydrogen-bond donors (Lipinski definition) is 3. The van der Waals surface area contributed by atoms with Crippen molar-refractivity contribution in [3.63, 3.8) is 0 Å². The molecule has 0 spiro atoms. The van der Waals surface area contributed by atoms with Crippen LogP contribution in [0.1, 0.15) is 13.3 Å². The molecule has 0 saturated heterocycles. The van der Waals surface area contributed by atoms with Crippen LogP contribution in [0.5, 0.6) is 0 Å². The predicted molar refractivity (Wildman–Crippen MR) is 74.2 cm³/mol. The molecule has 1 saturated carbocycles. The summed E-state index contributed by atoms with van der Waals surface area (Å²) in [5.74, 6) is 0.360. The number of nitrogens with zero attached hydrogens (tertiary/aromatic N) is 4. The van der Waals surface area contributed by atoms with Crippen molar-refractivity contribution < 1.29 is 19.1 Å². The monoisotopic (exact) mass is 313 g/mol. The maximum absolute atomic E-state index is 11.0. The van der Waals surface area contributed by atoms with Crippen LogP contribution < -0.4 is 5.73 Å². The quantitative estimate of drug-likeness (QED) is 0.672. The Labute approximate surface area is 120 Å². The number of hydrogen-bond acceptors (Lipinski definition) is 6. The molecule has 0 radical (unpaired) electrons. The van der Waals surface area contributed by atoms with Crippen molar-refractivity contribution in [3.8, 4) is 0 Å². The van der Waals surface area contributed by atoms with Crippen LogP contribution in [0.3, 0.4) is 0 Å². The average Bonchev–Trinajstić information content (AvgIpc) is 2.85. The molecule has 4 N–H and O–H groups in total. The predicted octanol–water partition coefficient (Wildman–Crippen LogP) is 0.339. The standard InChI is InChI=1S/C11H16N5O4P/c1-7-2-11(7,20-6-21(17,18)19)4-16-5-14-8-3-13-10(12)15-9(8)16/h3,5,7H,2,4,6H2,1H3,(H2,12,13,15)(H2,17,18,19)/t7-,11+/m0/s1. The van der Waals surface area contributed by atoms with Crippen LogP contribution in [0.15, 0.2) is 12.5 Å². The normalized spacial score (nSPS) is 25.4. The smallest absolute Gasteiger partial charge is 0.351 e. The first kappa shape index (κ1) is 14.4. The summed E-state index contributed by atoms with van der Waals surface area (Å²) in [6, 6.07) is 0. The van der Waals surface area contributed by atoms with Crippen LogP contribution in [0.25, 0.3) is 11.2 Å². The maximum atomic E-state index is 11.0. The van der Waals surface area contributed by atoms with Gasteiger partial charge in [-0.25, -0.2) is 9.97 Å². The van der Waals surface area contributed by atoms with Crippen molar-refractivity contribution in [1.82, 2.24) is 19.5 Å². The number of aromatic nitrogens is 4. The molecule has 114 valence electrons. The Bertz CT molecular complexity index is 728. The van der Waals surface area contributed by atoms with E-state index in [-0.39, 0.29) is 11.9 Å². The number of imidazole rings is 1. The van der Waals surface area contributed by atoms with E-state index in [0.717, 1.165) is 6.42 Å². The SMILES string of the molecule is C[C@H]1C[C@]1(Cn1cnc2cnc(N)nc21)OCP(=O)(O)O. The molecule has 2 aromatic heterocycles. The molecule has 1 fully saturated rings. The third-order valence-corrected chi connectivity index (χ3v) is 4.19. The van der Waals surface area contributed by atoms with Crippen molar-refractivity contribution in [1.29, 1.82) is 0 Å². The van der Waals surface area contributed by atoms with Gasteiger partial charge >= 0.3 is 7.60 Å². The highest BCUT2D eigenvalue weighted by Gasteiger charge is 2.53. The molecule has 3 rings (SSSR count). The fourth-order valence-corrected chi connectivity index (χ4v) is 2.84. The van der Waals surface area contributed by atoms with E-state index in [2.05, 4.69) is 15.0 Å². The Morgan fingerprint density at radius 2 is 2.29 bits per heavy atom. The van der Waals surface area contributed by atoms with Crippen LogP contribution in [-0.2, 0) is 15.8 Å². The van der Waals surface area contributed by atoms with E-state index in [1.54, 1.807) is 10.9 Å². The van der Waals surface area contributed by atoms with Crippen LogP contribution in [0, 0.1) is 5.92 Å². The Balaban J connectivity index is 1.83. The number of ether oxygens (including phenoxy) is 1. The highest BCUT2D eigenvalue weighted by Crippen LogP contribution is 2.50. The highest BCUT2D eigenvalue weighted by molar-refractivity contribution is 7.51. The second-order valence-corrected chi connectivity index (χ2v) is 7.01. The van der Waals surface area contributed by atoms with Crippen molar-refractivity contribution in [2.24, 2.45) is 5.92 Å². The Morgan fingerprint density at radius 1 is 1.57 bits per heavy atom. The first-order valence-electron chi connectivity index (χ1n) is 6.41. The molecule has 1 aliphatic rings. The van der Waals surface area contributed by atoms with Gasteiger partial charge in [0.15, 0.2) is 5.65 Å². The minimum atomic E-state index is -4.19. The number of rotatable bonds is 5. The Hall–Kier alpha value is -1.54. The van der Waals surface area contributed by atoms with Gasteiger partial charge < -0.3 is 24.8 Å². The maximum Gasteiger partial charge on any atom is 0.351 e. The third-order valence-electron chi connectivity index (χ3n) is 3.72. The van der Waals surface area contributed by atoms with E-state index >= 15 is 0 Å². The molecule has 2 aromatic rings. The first-order valence-corrected chi connectivity index (χ1v) is 8.21. The highest BCUT2D eigenvalue weighted by atomic mass is 31.2. The molecule has 9 nitrogen and oxygen atoms in total. The van der Waals surface area contributed by atoms with Gasteiger partial charge in [0.25, 0.3) is 0 Å². The second-order valence-electron chi connectivity index (χ2n) is 5.42. The summed E-state index contributed by atoms with van der Waals surface area (Å²) >= 11 is 0. The van der Waals surface area contributed by atoms with E-state index in [9.17, 15) is 4.57 Å². The molecule has 0 amide bonds. The zero-order valence-electron chi connectivity index (χ0n) is 11.4. The Morgan fingerprint density at radius 3 is 2.90 bits per heavy atom. The number of fused-ring (bicyclic) bond motifs is 1. The van der Waals surface area contributed by atoms with E-state index in [1.807, 2.05) is 6.92 Å². The molecular weight excluding hydrogens is 297 g/mol. The van der Waals surface area contributed by atoms with Gasteiger partial charge in [0, 0.05) is 0 Å². The van der Waals surface area contributed by atoms with Gasteiger partial charge in [-0.15, -0.1) is 0 Å². The van der Waals surface area contributed by atoms with Crippen molar-refractivity contribution >= 4 is 24.7 Å². The summed E-state index contributed by atoms with van der Waals surface area (Å²) in [6.07, 6.45) is 3.29. The molecule has 0 aliphatic heterocycles. The van der Waals surface area contributed by atoms with Gasteiger partial charge in [-0.3, -0.25) is 4.57 Å². The molecule has 2 heterocycles. The lowest BCUT2D eigenvalue weighted by atomic mass is 10.2. The van der Waals surface area contributed by atoms with E-state index in [4.69, 9.17) is 20.3 Å². The molecule has 10 heteroatoms. The van der Waals surface area contributed by atoms with E-state index in [1.165, 1.54) is 6.20 Å². The lowest BCUT2D eigenvalue weighted by Crippen LogP contribution is -2.24. The number of nitrogens with two attached hydrogens (primary N) is 1. The van der Waals surface area contributed by atoms with E-state index in [0.29, 0.717) is 17.7 Å². The van der Waals surface area contributed by atoms with Gasteiger partial charge in [0.05, 0.1) is 24.7 Å². The number of nitrogen functional groups attached to an aromatic ring is 1. The van der Waals surface area contributed by atoms with E-state index < -0.39 is 19.5 Å². The molecule has 0 bridgehead atoms. The minimum Gasteiger partial charge on any atom is -0.368 e. The van der Waals surface area contributed by atoms with Crippen LogP contribution in [-0.4, -0.2) is 41.3 Å². The van der Waals surface area contributed by atoms with Crippen molar-refractivity contribution in [2.75, 3.05) is 12.1 Å². The van der Waals surface area contributed by atoms with Crippen molar-refractivity contribution in [2.45, 2.75) is 25.5 Å². The summed E-state index contributed by atoms with van der Waals surface area (Å²) in [5, 5.41) is 0. The largest absolute Gasteiger partial charge is 0.368 e. The molecule has 21 heavy (non-hydrogen) atoms. The van der Waals surface area contributed by atoms with Crippen molar-refractivity contribution in [3.05, 3.63) is 12.5 Å². The van der Waals surface area contributed by atoms with Gasteiger partial charge in [0.1, 0.15) is 11.9 Å². The second kappa shape index (κ2) is 4.74. The van der Waals surface area contributed by atoms with Gasteiger partial charge in [0.2, 0.25) is 5.95 Å². The molecule has 0 unspecified atom stereocenters. The van der Waals surface area contributed by atoms with Gasteiger partial charge in [-0.05, 0) is 12.3 Å². The molecule has 0 aromatic carbocycles. The van der Waals surface area contributed by atoms with Gasteiger partial charge in [-0.2, -0.15) is 4.98 Å². The minimum absolute atomic E-state index is 0.151. The Kier molecular flexibility index (Phi) is 3.25. The topological polar surface area (TPSA) is 136 Å². The van der Waals surface area contributed by atoms with Crippen LogP contribution in [0.2, 0.25) is 0 Å².